The van der Waals surface area contributed by atoms with Gasteiger partial charge in [0.1, 0.15) is 12.4 Å². The van der Waals surface area contributed by atoms with E-state index in [1.807, 2.05) is 6.92 Å². The summed E-state index contributed by atoms with van der Waals surface area (Å²) in [5.41, 5.74) is 2.54. The first kappa shape index (κ1) is 20.5. The number of ether oxygens (including phenoxy) is 1. The Morgan fingerprint density at radius 1 is 1.35 bits per heavy atom. The van der Waals surface area contributed by atoms with Crippen molar-refractivity contribution in [1.82, 2.24) is 10.4 Å². The Bertz CT molecular complexity index is 811. The summed E-state index contributed by atoms with van der Waals surface area (Å²) in [6, 6.07) is 4.50. The summed E-state index contributed by atoms with van der Waals surface area (Å²) in [4.78, 5) is 26.0. The van der Waals surface area contributed by atoms with Crippen LogP contribution >= 0.6 is 13.5 Å². The van der Waals surface area contributed by atoms with Crippen LogP contribution in [0.4, 0.5) is 0 Å². The minimum atomic E-state index is -3.13. The normalized spacial score (nSPS) is 23.8. The Kier molecular flexibility index (Phi) is 6.20. The van der Waals surface area contributed by atoms with Gasteiger partial charge in [-0.2, -0.15) is 13.5 Å². The Labute approximate surface area is 158 Å². The van der Waals surface area contributed by atoms with E-state index in [1.54, 1.807) is 16.4 Å². The summed E-state index contributed by atoms with van der Waals surface area (Å²) in [6.07, 6.45) is 0.355. The van der Waals surface area contributed by atoms with Crippen LogP contribution in [0.3, 0.4) is 0 Å². The number of hydrogen-bond donors (Lipinski definition) is 2. The van der Waals surface area contributed by atoms with Gasteiger partial charge in [-0.1, -0.05) is 6.07 Å². The highest BCUT2D eigenvalue weighted by Gasteiger charge is 2.37. The molecule has 144 valence electrons. The monoisotopic (exact) mass is 402 g/mol. The summed E-state index contributed by atoms with van der Waals surface area (Å²) >= 11 is 0. The molecular formula is C16H22N2O6S2. The number of fused-ring (bicyclic) bond motifs is 1. The zero-order valence-corrected chi connectivity index (χ0v) is 16.1. The third kappa shape index (κ3) is 4.13. The maximum atomic E-state index is 12.8. The fraction of sp³-hybridized carbons (Fsp3) is 0.500. The number of rotatable bonds is 2. The average Bonchev–Trinajstić information content (AvgIpc) is 2.87. The van der Waals surface area contributed by atoms with Crippen LogP contribution in [0.5, 0.6) is 5.75 Å². The van der Waals surface area contributed by atoms with Crippen LogP contribution < -0.4 is 10.2 Å². The standard InChI is InChI=1S/C16H20N2O6S.H2S/c1-10-8-24-14-6-11(15(19)17-21)2-3-12(14)7-18(10)16(20)13-4-5-25(22,23)9-13;/h2-3,6,10,13,21H,4-5,7-9H2,1H3,(H,17,19);1H2/t10-,13?;/m0./s1. The number of hydrogen-bond acceptors (Lipinski definition) is 6. The fourth-order valence-electron chi connectivity index (χ4n) is 3.18. The van der Waals surface area contributed by atoms with Crippen LogP contribution in [-0.2, 0) is 21.2 Å². The molecule has 10 heteroatoms. The molecule has 0 aromatic heterocycles. The van der Waals surface area contributed by atoms with Crippen LogP contribution in [0, 0.1) is 5.92 Å². The molecule has 2 aliphatic rings. The Morgan fingerprint density at radius 3 is 2.69 bits per heavy atom. The Hall–Kier alpha value is -1.78. The third-order valence-electron chi connectivity index (χ3n) is 4.65. The molecule has 1 aromatic carbocycles. The van der Waals surface area contributed by atoms with Crippen molar-refractivity contribution in [2.45, 2.75) is 25.9 Å². The highest BCUT2D eigenvalue weighted by molar-refractivity contribution is 7.91. The molecule has 0 aliphatic carbocycles. The lowest BCUT2D eigenvalue weighted by atomic mass is 10.0. The Morgan fingerprint density at radius 2 is 2.08 bits per heavy atom. The van der Waals surface area contributed by atoms with Crippen LogP contribution in [-0.4, -0.2) is 54.5 Å². The van der Waals surface area contributed by atoms with Crippen molar-refractivity contribution in [3.8, 4) is 5.75 Å². The van der Waals surface area contributed by atoms with Gasteiger partial charge in [0.15, 0.2) is 9.84 Å². The van der Waals surface area contributed by atoms with E-state index in [4.69, 9.17) is 9.94 Å². The molecule has 3 rings (SSSR count). The second kappa shape index (κ2) is 7.85. The molecule has 0 radical (unpaired) electrons. The van der Waals surface area contributed by atoms with E-state index in [-0.39, 0.29) is 55.7 Å². The first-order valence-electron chi connectivity index (χ1n) is 8.02. The van der Waals surface area contributed by atoms with Gasteiger partial charge in [-0.3, -0.25) is 14.8 Å². The number of hydroxylamine groups is 1. The molecule has 2 atom stereocenters. The van der Waals surface area contributed by atoms with Gasteiger partial charge in [-0.15, -0.1) is 0 Å². The van der Waals surface area contributed by atoms with Crippen molar-refractivity contribution in [3.63, 3.8) is 0 Å². The van der Waals surface area contributed by atoms with Gasteiger partial charge in [-0.05, 0) is 25.5 Å². The quantitative estimate of drug-likeness (QED) is 0.549. The van der Waals surface area contributed by atoms with Crippen molar-refractivity contribution in [2.24, 2.45) is 5.92 Å². The van der Waals surface area contributed by atoms with Crippen molar-refractivity contribution in [3.05, 3.63) is 29.3 Å². The highest BCUT2D eigenvalue weighted by atomic mass is 32.2. The molecule has 2 aliphatic heterocycles. The zero-order chi connectivity index (χ0) is 18.2. The van der Waals surface area contributed by atoms with Crippen molar-refractivity contribution in [2.75, 3.05) is 18.1 Å². The smallest absolute Gasteiger partial charge is 0.274 e. The molecule has 0 spiro atoms. The maximum Gasteiger partial charge on any atom is 0.274 e. The van der Waals surface area contributed by atoms with Crippen molar-refractivity contribution < 1.29 is 28.0 Å². The van der Waals surface area contributed by atoms with Gasteiger partial charge in [-0.25, -0.2) is 13.9 Å². The number of amides is 2. The van der Waals surface area contributed by atoms with E-state index in [0.29, 0.717) is 12.2 Å². The number of carbonyl (C=O) groups excluding carboxylic acids is 2. The average molecular weight is 402 g/mol. The molecule has 1 fully saturated rings. The fourth-order valence-corrected chi connectivity index (χ4v) is 4.92. The highest BCUT2D eigenvalue weighted by Crippen LogP contribution is 2.29. The second-order valence-electron chi connectivity index (χ2n) is 6.49. The van der Waals surface area contributed by atoms with E-state index in [1.165, 1.54) is 12.1 Å². The first-order chi connectivity index (χ1) is 11.8. The molecule has 26 heavy (non-hydrogen) atoms. The van der Waals surface area contributed by atoms with E-state index in [0.717, 1.165) is 5.56 Å². The predicted molar refractivity (Wildman–Crippen MR) is 98.3 cm³/mol. The molecule has 8 nitrogen and oxygen atoms in total. The number of sulfone groups is 1. The van der Waals surface area contributed by atoms with Crippen LogP contribution in [0.1, 0.15) is 29.3 Å². The summed E-state index contributed by atoms with van der Waals surface area (Å²) < 4.78 is 29.0. The van der Waals surface area contributed by atoms with Gasteiger partial charge >= 0.3 is 0 Å². The molecule has 1 saturated heterocycles. The predicted octanol–water partition coefficient (Wildman–Crippen LogP) is 0.463. The molecule has 1 unspecified atom stereocenters. The van der Waals surface area contributed by atoms with E-state index < -0.39 is 21.7 Å². The van der Waals surface area contributed by atoms with Gasteiger partial charge in [0.25, 0.3) is 5.91 Å². The number of benzene rings is 1. The lowest BCUT2D eigenvalue weighted by Gasteiger charge is -2.28. The summed E-state index contributed by atoms with van der Waals surface area (Å²) in [5.74, 6) is -0.901. The molecule has 1 aromatic rings. The topological polar surface area (TPSA) is 113 Å². The van der Waals surface area contributed by atoms with E-state index in [9.17, 15) is 18.0 Å². The lowest BCUT2D eigenvalue weighted by molar-refractivity contribution is -0.137. The van der Waals surface area contributed by atoms with Crippen LogP contribution in [0.2, 0.25) is 0 Å². The lowest BCUT2D eigenvalue weighted by Crippen LogP contribution is -2.43. The Balaban J connectivity index is 0.00000243. The van der Waals surface area contributed by atoms with E-state index >= 15 is 0 Å². The van der Waals surface area contributed by atoms with Crippen molar-refractivity contribution >= 4 is 35.1 Å². The van der Waals surface area contributed by atoms with Gasteiger partial charge in [0, 0.05) is 17.7 Å². The SMILES string of the molecule is C[C@H]1COc2cc(C(=O)NO)ccc2CN1C(=O)C1CCS(=O)(=O)C1.S. The minimum Gasteiger partial charge on any atom is -0.491 e. The van der Waals surface area contributed by atoms with Crippen LogP contribution in [0.25, 0.3) is 0 Å². The zero-order valence-electron chi connectivity index (χ0n) is 14.3. The maximum absolute atomic E-state index is 12.8. The van der Waals surface area contributed by atoms with Crippen LogP contribution in [0.15, 0.2) is 18.2 Å². The molecule has 0 bridgehead atoms. The second-order valence-corrected chi connectivity index (χ2v) is 8.72. The summed E-state index contributed by atoms with van der Waals surface area (Å²) in [5, 5.41) is 8.73. The molecule has 0 saturated carbocycles. The minimum absolute atomic E-state index is 0. The molecule has 2 N–H and O–H groups in total. The molecule has 2 amide bonds. The van der Waals surface area contributed by atoms with Gasteiger partial charge in [0.2, 0.25) is 5.91 Å². The number of carbonyl (C=O) groups is 2. The van der Waals surface area contributed by atoms with Crippen molar-refractivity contribution in [1.29, 1.82) is 0 Å². The third-order valence-corrected chi connectivity index (χ3v) is 6.42. The van der Waals surface area contributed by atoms with E-state index in [2.05, 4.69) is 0 Å². The van der Waals surface area contributed by atoms with Gasteiger partial charge < -0.3 is 9.64 Å². The summed E-state index contributed by atoms with van der Waals surface area (Å²) in [7, 11) is -3.13. The first-order valence-corrected chi connectivity index (χ1v) is 9.84. The largest absolute Gasteiger partial charge is 0.491 e. The number of nitrogens with zero attached hydrogens (tertiary/aromatic N) is 1. The van der Waals surface area contributed by atoms with Gasteiger partial charge in [0.05, 0.1) is 23.5 Å². The summed E-state index contributed by atoms with van der Waals surface area (Å²) in [6.45, 7) is 2.36. The molecular weight excluding hydrogens is 380 g/mol. The number of nitrogens with one attached hydrogen (secondary N) is 1. The molecule has 2 heterocycles.